The first-order valence-electron chi connectivity index (χ1n) is 8.45. The Morgan fingerprint density at radius 2 is 1.79 bits per heavy atom. The van der Waals surface area contributed by atoms with E-state index in [1.807, 2.05) is 25.3 Å². The summed E-state index contributed by atoms with van der Waals surface area (Å²) >= 11 is 0. The normalized spacial score (nSPS) is 15.6. The summed E-state index contributed by atoms with van der Waals surface area (Å²) in [5, 5.41) is 16.0. The number of hydrogen-bond donors (Lipinski definition) is 1. The molecule has 0 aliphatic carbocycles. The third kappa shape index (κ3) is 2.89. The molecule has 0 amide bonds. The number of aromatic nitrogens is 4. The van der Waals surface area contributed by atoms with Gasteiger partial charge in [-0.2, -0.15) is 10.2 Å². The number of rotatable bonds is 3. The van der Waals surface area contributed by atoms with Crippen LogP contribution in [0.2, 0.25) is 0 Å². The lowest BCUT2D eigenvalue weighted by Crippen LogP contribution is -2.33. The van der Waals surface area contributed by atoms with Gasteiger partial charge in [0.15, 0.2) is 5.82 Å². The summed E-state index contributed by atoms with van der Waals surface area (Å²) < 4.78 is 0. The van der Waals surface area contributed by atoms with Gasteiger partial charge in [-0.15, -0.1) is 5.10 Å². The highest BCUT2D eigenvalue weighted by Gasteiger charge is 2.25. The van der Waals surface area contributed by atoms with Gasteiger partial charge in [0.1, 0.15) is 0 Å². The first-order valence-corrected chi connectivity index (χ1v) is 8.45. The SMILES string of the molecule is Cc1ccc(N2CCC(c3[nH]ncc3-c3ccccc3)CC2)nn1. The molecule has 0 bridgehead atoms. The first-order chi connectivity index (χ1) is 11.8. The number of hydrogen-bond acceptors (Lipinski definition) is 4. The zero-order valence-electron chi connectivity index (χ0n) is 13.8. The molecule has 5 heteroatoms. The van der Waals surface area contributed by atoms with Crippen molar-refractivity contribution in [2.24, 2.45) is 0 Å². The number of aromatic amines is 1. The van der Waals surface area contributed by atoms with Crippen LogP contribution in [0.4, 0.5) is 5.82 Å². The molecule has 4 rings (SSSR count). The summed E-state index contributed by atoms with van der Waals surface area (Å²) in [5.74, 6) is 1.49. The molecule has 2 aromatic heterocycles. The number of aryl methyl sites for hydroxylation is 1. The van der Waals surface area contributed by atoms with Gasteiger partial charge in [0.25, 0.3) is 0 Å². The van der Waals surface area contributed by atoms with Crippen LogP contribution in [-0.4, -0.2) is 33.5 Å². The molecule has 0 spiro atoms. The highest BCUT2D eigenvalue weighted by atomic mass is 15.3. The van der Waals surface area contributed by atoms with Crippen molar-refractivity contribution in [3.63, 3.8) is 0 Å². The lowest BCUT2D eigenvalue weighted by atomic mass is 9.89. The predicted octanol–water partition coefficient (Wildman–Crippen LogP) is 3.56. The fourth-order valence-corrected chi connectivity index (χ4v) is 3.41. The van der Waals surface area contributed by atoms with Crippen LogP contribution < -0.4 is 4.90 Å². The third-order valence-corrected chi connectivity index (χ3v) is 4.76. The predicted molar refractivity (Wildman–Crippen MR) is 95.0 cm³/mol. The molecule has 24 heavy (non-hydrogen) atoms. The highest BCUT2D eigenvalue weighted by molar-refractivity contribution is 5.65. The molecule has 3 heterocycles. The fraction of sp³-hybridized carbons (Fsp3) is 0.316. The summed E-state index contributed by atoms with van der Waals surface area (Å²) in [6.07, 6.45) is 4.14. The largest absolute Gasteiger partial charge is 0.355 e. The molecule has 1 fully saturated rings. The van der Waals surface area contributed by atoms with Crippen molar-refractivity contribution < 1.29 is 0 Å². The standard InChI is InChI=1S/C19H21N5/c1-14-7-8-18(22-21-14)24-11-9-16(10-12-24)19-17(13-20-23-19)15-5-3-2-4-6-15/h2-8,13,16H,9-12H2,1H3,(H,20,23). The van der Waals surface area contributed by atoms with Crippen LogP contribution in [0.1, 0.15) is 30.1 Å². The average molecular weight is 319 g/mol. The topological polar surface area (TPSA) is 57.7 Å². The van der Waals surface area contributed by atoms with Crippen LogP contribution in [0.15, 0.2) is 48.7 Å². The molecule has 1 saturated heterocycles. The van der Waals surface area contributed by atoms with Crippen molar-refractivity contribution in [3.8, 4) is 11.1 Å². The van der Waals surface area contributed by atoms with Crippen LogP contribution in [0.25, 0.3) is 11.1 Å². The molecule has 1 aliphatic rings. The van der Waals surface area contributed by atoms with Gasteiger partial charge in [-0.25, -0.2) is 0 Å². The lowest BCUT2D eigenvalue weighted by Gasteiger charge is -2.32. The van der Waals surface area contributed by atoms with E-state index in [0.717, 1.165) is 37.4 Å². The molecule has 0 unspecified atom stereocenters. The van der Waals surface area contributed by atoms with E-state index in [1.165, 1.54) is 16.8 Å². The van der Waals surface area contributed by atoms with Crippen LogP contribution in [-0.2, 0) is 0 Å². The zero-order chi connectivity index (χ0) is 16.4. The molecular weight excluding hydrogens is 298 g/mol. The van der Waals surface area contributed by atoms with Crippen molar-refractivity contribution in [1.82, 2.24) is 20.4 Å². The van der Waals surface area contributed by atoms with E-state index in [-0.39, 0.29) is 0 Å². The number of benzene rings is 1. The van der Waals surface area contributed by atoms with Crippen molar-refractivity contribution in [2.75, 3.05) is 18.0 Å². The summed E-state index contributed by atoms with van der Waals surface area (Å²) in [6, 6.07) is 14.6. The van der Waals surface area contributed by atoms with E-state index in [4.69, 9.17) is 0 Å². The second-order valence-corrected chi connectivity index (χ2v) is 6.36. The quantitative estimate of drug-likeness (QED) is 0.802. The first kappa shape index (κ1) is 14.9. The molecule has 1 aliphatic heterocycles. The Bertz CT molecular complexity index is 786. The van der Waals surface area contributed by atoms with Gasteiger partial charge in [-0.3, -0.25) is 5.10 Å². The second kappa shape index (κ2) is 6.43. The molecular formula is C19H21N5. The monoisotopic (exact) mass is 319 g/mol. The third-order valence-electron chi connectivity index (χ3n) is 4.76. The Morgan fingerprint density at radius 3 is 2.50 bits per heavy atom. The maximum absolute atomic E-state index is 4.31. The van der Waals surface area contributed by atoms with Gasteiger partial charge in [0.2, 0.25) is 0 Å². The summed E-state index contributed by atoms with van der Waals surface area (Å²) in [7, 11) is 0. The molecule has 1 N–H and O–H groups in total. The smallest absolute Gasteiger partial charge is 0.151 e. The minimum Gasteiger partial charge on any atom is -0.355 e. The van der Waals surface area contributed by atoms with E-state index >= 15 is 0 Å². The van der Waals surface area contributed by atoms with E-state index in [1.54, 1.807) is 0 Å². The van der Waals surface area contributed by atoms with Crippen molar-refractivity contribution in [3.05, 3.63) is 60.0 Å². The number of nitrogens with one attached hydrogen (secondary N) is 1. The Labute approximate surface area is 141 Å². The van der Waals surface area contributed by atoms with Crippen LogP contribution in [0, 0.1) is 6.92 Å². The van der Waals surface area contributed by atoms with Gasteiger partial charge in [0.05, 0.1) is 11.9 Å². The average Bonchev–Trinajstić information content (AvgIpc) is 3.13. The Morgan fingerprint density at radius 1 is 1.00 bits per heavy atom. The molecule has 0 radical (unpaired) electrons. The Hall–Kier alpha value is -2.69. The minimum absolute atomic E-state index is 0.511. The van der Waals surface area contributed by atoms with Gasteiger partial charge < -0.3 is 4.90 Å². The summed E-state index contributed by atoms with van der Waals surface area (Å²) in [5.41, 5.74) is 4.67. The summed E-state index contributed by atoms with van der Waals surface area (Å²) in [4.78, 5) is 2.32. The highest BCUT2D eigenvalue weighted by Crippen LogP contribution is 2.34. The maximum Gasteiger partial charge on any atom is 0.151 e. The van der Waals surface area contributed by atoms with Crippen molar-refractivity contribution in [2.45, 2.75) is 25.7 Å². The van der Waals surface area contributed by atoms with Crippen molar-refractivity contribution in [1.29, 1.82) is 0 Å². The fourth-order valence-electron chi connectivity index (χ4n) is 3.41. The Balaban J connectivity index is 1.49. The molecule has 3 aromatic rings. The van der Waals surface area contributed by atoms with Gasteiger partial charge in [0, 0.05) is 30.3 Å². The zero-order valence-corrected chi connectivity index (χ0v) is 13.8. The molecule has 5 nitrogen and oxygen atoms in total. The number of anilines is 1. The maximum atomic E-state index is 4.31. The van der Waals surface area contributed by atoms with Gasteiger partial charge in [-0.1, -0.05) is 30.3 Å². The number of nitrogens with zero attached hydrogens (tertiary/aromatic N) is 4. The van der Waals surface area contributed by atoms with Crippen LogP contribution in [0.3, 0.4) is 0 Å². The molecule has 0 atom stereocenters. The van der Waals surface area contributed by atoms with E-state index in [9.17, 15) is 0 Å². The Kier molecular flexibility index (Phi) is 3.99. The molecule has 1 aromatic carbocycles. The van der Waals surface area contributed by atoms with E-state index in [0.29, 0.717) is 5.92 Å². The van der Waals surface area contributed by atoms with Crippen LogP contribution >= 0.6 is 0 Å². The number of H-pyrrole nitrogens is 1. The summed E-state index contributed by atoms with van der Waals surface area (Å²) in [6.45, 7) is 3.96. The van der Waals surface area contributed by atoms with E-state index in [2.05, 4.69) is 55.6 Å². The number of piperidine rings is 1. The molecule has 122 valence electrons. The van der Waals surface area contributed by atoms with E-state index < -0.39 is 0 Å². The van der Waals surface area contributed by atoms with Gasteiger partial charge >= 0.3 is 0 Å². The minimum atomic E-state index is 0.511. The molecule has 0 saturated carbocycles. The lowest BCUT2D eigenvalue weighted by molar-refractivity contribution is 0.492. The van der Waals surface area contributed by atoms with Crippen molar-refractivity contribution >= 4 is 5.82 Å². The van der Waals surface area contributed by atoms with Gasteiger partial charge in [-0.05, 0) is 37.5 Å². The van der Waals surface area contributed by atoms with Crippen LogP contribution in [0.5, 0.6) is 0 Å². The second-order valence-electron chi connectivity index (χ2n) is 6.36.